The molecule has 2 aromatic carbocycles. The third kappa shape index (κ3) is 5.45. The monoisotopic (exact) mass is 376 g/mol. The molecule has 136 valence electrons. The quantitative estimate of drug-likeness (QED) is 0.455. The fourth-order valence-corrected chi connectivity index (χ4v) is 2.18. The normalized spacial score (nSPS) is 10.6. The van der Waals surface area contributed by atoms with E-state index < -0.39 is 10.8 Å². The van der Waals surface area contributed by atoms with E-state index in [1.54, 1.807) is 49.3 Å². The predicted octanol–water partition coefficient (Wildman–Crippen LogP) is 2.84. The molecule has 0 saturated heterocycles. The summed E-state index contributed by atoms with van der Waals surface area (Å²) in [6.45, 7) is -0.228. The minimum atomic E-state index is -0.491. The van der Waals surface area contributed by atoms with Crippen LogP contribution in [0.3, 0.4) is 0 Å². The van der Waals surface area contributed by atoms with Crippen molar-refractivity contribution in [3.63, 3.8) is 0 Å². The SMILES string of the molecule is CN(C)c1ccc([N+](=O)[O-])cc1C=NNC(=O)COc1ccc(Cl)cc1. The molecule has 2 aromatic rings. The molecule has 2 rings (SSSR count). The van der Waals surface area contributed by atoms with Gasteiger partial charge >= 0.3 is 0 Å². The number of hydrogen-bond donors (Lipinski definition) is 1. The van der Waals surface area contributed by atoms with Gasteiger partial charge in [-0.3, -0.25) is 14.9 Å². The predicted molar refractivity (Wildman–Crippen MR) is 100 cm³/mol. The molecule has 1 amide bonds. The van der Waals surface area contributed by atoms with Crippen LogP contribution in [0.1, 0.15) is 5.56 Å². The van der Waals surface area contributed by atoms with Gasteiger partial charge in [-0.25, -0.2) is 5.43 Å². The number of amides is 1. The summed E-state index contributed by atoms with van der Waals surface area (Å²) in [7, 11) is 3.61. The van der Waals surface area contributed by atoms with Crippen LogP contribution in [0.2, 0.25) is 5.02 Å². The zero-order chi connectivity index (χ0) is 19.1. The van der Waals surface area contributed by atoms with Crippen LogP contribution in [0.5, 0.6) is 5.75 Å². The van der Waals surface area contributed by atoms with Crippen molar-refractivity contribution in [1.82, 2.24) is 5.43 Å². The number of hydrazone groups is 1. The van der Waals surface area contributed by atoms with Crippen molar-refractivity contribution in [2.75, 3.05) is 25.6 Å². The minimum absolute atomic E-state index is 0.0607. The molecule has 0 spiro atoms. The maximum atomic E-state index is 11.8. The van der Waals surface area contributed by atoms with E-state index >= 15 is 0 Å². The lowest BCUT2D eigenvalue weighted by Crippen LogP contribution is -2.24. The number of hydrogen-bond acceptors (Lipinski definition) is 6. The molecule has 0 unspecified atom stereocenters. The third-order valence-corrected chi connectivity index (χ3v) is 3.53. The molecule has 0 aromatic heterocycles. The Bertz CT molecular complexity index is 822. The Kier molecular flexibility index (Phi) is 6.51. The summed E-state index contributed by atoms with van der Waals surface area (Å²) >= 11 is 5.77. The highest BCUT2D eigenvalue weighted by Crippen LogP contribution is 2.22. The van der Waals surface area contributed by atoms with Gasteiger partial charge in [0.05, 0.1) is 11.1 Å². The van der Waals surface area contributed by atoms with Crippen LogP contribution >= 0.6 is 11.6 Å². The number of benzene rings is 2. The molecular weight excluding hydrogens is 360 g/mol. The summed E-state index contributed by atoms with van der Waals surface area (Å²) in [4.78, 5) is 24.0. The molecule has 8 nitrogen and oxygen atoms in total. The molecule has 0 aliphatic carbocycles. The Morgan fingerprint density at radius 3 is 2.62 bits per heavy atom. The smallest absolute Gasteiger partial charge is 0.277 e. The van der Waals surface area contributed by atoms with Gasteiger partial charge in [0.1, 0.15) is 5.75 Å². The van der Waals surface area contributed by atoms with Gasteiger partial charge in [0.25, 0.3) is 11.6 Å². The van der Waals surface area contributed by atoms with Crippen LogP contribution in [0.25, 0.3) is 0 Å². The first kappa shape index (κ1) is 19.2. The van der Waals surface area contributed by atoms with Crippen molar-refractivity contribution in [1.29, 1.82) is 0 Å². The van der Waals surface area contributed by atoms with E-state index in [4.69, 9.17) is 16.3 Å². The largest absolute Gasteiger partial charge is 0.484 e. The second-order valence-electron chi connectivity index (χ2n) is 5.43. The molecule has 0 radical (unpaired) electrons. The van der Waals surface area contributed by atoms with Gasteiger partial charge in [-0.15, -0.1) is 0 Å². The average molecular weight is 377 g/mol. The number of nitro benzene ring substituents is 1. The Morgan fingerprint density at radius 1 is 1.31 bits per heavy atom. The van der Waals surface area contributed by atoms with Gasteiger partial charge in [0.15, 0.2) is 6.61 Å². The molecule has 0 heterocycles. The van der Waals surface area contributed by atoms with Crippen molar-refractivity contribution < 1.29 is 14.5 Å². The number of nitrogens with one attached hydrogen (secondary N) is 1. The molecule has 26 heavy (non-hydrogen) atoms. The van der Waals surface area contributed by atoms with E-state index in [0.717, 1.165) is 5.69 Å². The van der Waals surface area contributed by atoms with Crippen LogP contribution in [-0.2, 0) is 4.79 Å². The van der Waals surface area contributed by atoms with Crippen molar-refractivity contribution in [3.05, 3.63) is 63.2 Å². The van der Waals surface area contributed by atoms with E-state index in [1.165, 1.54) is 18.3 Å². The molecule has 0 bridgehead atoms. The molecule has 0 aliphatic heterocycles. The third-order valence-electron chi connectivity index (χ3n) is 3.28. The van der Waals surface area contributed by atoms with Gasteiger partial charge in [-0.05, 0) is 30.3 Å². The lowest BCUT2D eigenvalue weighted by atomic mass is 10.1. The lowest BCUT2D eigenvalue weighted by molar-refractivity contribution is -0.384. The Morgan fingerprint density at radius 2 is 2.00 bits per heavy atom. The number of rotatable bonds is 7. The van der Waals surface area contributed by atoms with Crippen molar-refractivity contribution in [2.45, 2.75) is 0 Å². The van der Waals surface area contributed by atoms with Crippen LogP contribution in [0, 0.1) is 10.1 Å². The zero-order valence-corrected chi connectivity index (χ0v) is 14.9. The average Bonchev–Trinajstić information content (AvgIpc) is 2.61. The maximum absolute atomic E-state index is 11.8. The number of halogens is 1. The molecule has 0 saturated carbocycles. The van der Waals surface area contributed by atoms with Gasteiger partial charge in [0.2, 0.25) is 0 Å². The summed E-state index contributed by atoms with van der Waals surface area (Å²) in [5, 5.41) is 15.3. The minimum Gasteiger partial charge on any atom is -0.484 e. The second-order valence-corrected chi connectivity index (χ2v) is 5.87. The summed E-state index contributed by atoms with van der Waals surface area (Å²) in [6, 6.07) is 11.0. The Labute approximate surface area is 155 Å². The number of nitro groups is 1. The van der Waals surface area contributed by atoms with Gasteiger partial charge in [-0.1, -0.05) is 11.6 Å². The number of nitrogens with zero attached hydrogens (tertiary/aromatic N) is 3. The number of carbonyl (C=O) groups is 1. The zero-order valence-electron chi connectivity index (χ0n) is 14.2. The highest BCUT2D eigenvalue weighted by molar-refractivity contribution is 6.30. The number of ether oxygens (including phenoxy) is 1. The summed E-state index contributed by atoms with van der Waals surface area (Å²) in [5.41, 5.74) is 3.49. The first-order valence-corrected chi connectivity index (χ1v) is 7.90. The van der Waals surface area contributed by atoms with Crippen LogP contribution in [0.15, 0.2) is 47.6 Å². The topological polar surface area (TPSA) is 97.1 Å². The van der Waals surface area contributed by atoms with Gasteiger partial charge in [0, 0.05) is 42.5 Å². The first-order chi connectivity index (χ1) is 12.4. The van der Waals surface area contributed by atoms with Crippen LogP contribution in [-0.4, -0.2) is 37.7 Å². The fraction of sp³-hybridized carbons (Fsp3) is 0.176. The first-order valence-electron chi connectivity index (χ1n) is 7.53. The Balaban J connectivity index is 1.98. The molecular formula is C17H17ClN4O4. The van der Waals surface area contributed by atoms with Crippen LogP contribution in [0.4, 0.5) is 11.4 Å². The number of anilines is 1. The molecule has 9 heteroatoms. The van der Waals surface area contributed by atoms with Crippen molar-refractivity contribution >= 4 is 35.1 Å². The standard InChI is InChI=1S/C17H17ClN4O4/c1-21(2)16-8-5-14(22(24)25)9-12(16)10-19-20-17(23)11-26-15-6-3-13(18)4-7-15/h3-10H,11H2,1-2H3,(H,20,23). The van der Waals surface area contributed by atoms with E-state index in [9.17, 15) is 14.9 Å². The Hall–Kier alpha value is -3.13. The maximum Gasteiger partial charge on any atom is 0.277 e. The van der Waals surface area contributed by atoms with Gasteiger partial charge in [-0.2, -0.15) is 5.10 Å². The number of carbonyl (C=O) groups excluding carboxylic acids is 1. The molecule has 0 aliphatic rings. The molecule has 0 atom stereocenters. The van der Waals surface area contributed by atoms with Crippen LogP contribution < -0.4 is 15.1 Å². The fourth-order valence-electron chi connectivity index (χ4n) is 2.05. The molecule has 0 fully saturated rings. The highest BCUT2D eigenvalue weighted by atomic mass is 35.5. The van der Waals surface area contributed by atoms with E-state index in [2.05, 4.69) is 10.5 Å². The summed E-state index contributed by atoms with van der Waals surface area (Å²) < 4.78 is 5.30. The highest BCUT2D eigenvalue weighted by Gasteiger charge is 2.11. The van der Waals surface area contributed by atoms with Crippen molar-refractivity contribution in [3.8, 4) is 5.75 Å². The number of non-ortho nitro benzene ring substituents is 1. The van der Waals surface area contributed by atoms with E-state index in [1.807, 2.05) is 0 Å². The van der Waals surface area contributed by atoms with E-state index in [0.29, 0.717) is 16.3 Å². The second kappa shape index (κ2) is 8.82. The summed E-state index contributed by atoms with van der Waals surface area (Å²) in [6.07, 6.45) is 1.35. The van der Waals surface area contributed by atoms with E-state index in [-0.39, 0.29) is 12.3 Å². The lowest BCUT2D eigenvalue weighted by Gasteiger charge is -2.14. The van der Waals surface area contributed by atoms with Crippen molar-refractivity contribution in [2.24, 2.45) is 5.10 Å². The van der Waals surface area contributed by atoms with Gasteiger partial charge < -0.3 is 9.64 Å². The summed E-state index contributed by atoms with van der Waals surface area (Å²) in [5.74, 6) is 0.0372. The molecule has 1 N–H and O–H groups in total.